The molecule has 0 bridgehead atoms. The lowest BCUT2D eigenvalue weighted by Gasteiger charge is -2.06. The van der Waals surface area contributed by atoms with Crippen LogP contribution >= 0.6 is 7.60 Å². The fraction of sp³-hybridized carbons (Fsp3) is 0.111. The van der Waals surface area contributed by atoms with E-state index in [0.29, 0.717) is 62.4 Å². The Hall–Kier alpha value is -8.05. The van der Waals surface area contributed by atoms with Crippen LogP contribution < -0.4 is 60.4 Å². The van der Waals surface area contributed by atoms with Crippen molar-refractivity contribution in [1.29, 1.82) is 0 Å². The molecule has 18 N–H and O–H groups in total. The average molecular weight is 895 g/mol. The van der Waals surface area contributed by atoms with Crippen LogP contribution in [0.15, 0.2) is 140 Å². The number of nitrogen functional groups attached to an aromatic ring is 5. The molecule has 18 nitrogen and oxygen atoms in total. The number of benzene rings is 6. The highest BCUT2D eigenvalue weighted by molar-refractivity contribution is 7.50. The predicted molar refractivity (Wildman–Crippen MR) is 258 cm³/mol. The summed E-state index contributed by atoms with van der Waals surface area (Å²) in [4.78, 5) is 60.7. The maximum Gasteiger partial charge on any atom is 0.329 e. The standard InChI is InChI=1S/C13H12N2O.C9H12N2O2.C9H12N2O.C7H9N3O.C7H10NO3P/c14-11-7-4-8-12(9-11)15-13(16)10-5-2-1-3-6-10;1-6(12)11-7-3-4-9(13-2)8(10)5-7;1-6-3-4-8(5-9(6)10)11-7(2)12;8-5-2-1-3-6(4-5)10-7(9)11;8-7-3-1-2-6(4-7)5-12(9,10)11/h1-9H,14H2,(H,15,16);3-5H,10H2,1-2H3,(H,11,12);3-5H,10H2,1-2H3,(H,11,12);1-4H,8H2,(H3,9,10,11);1-4H,5,8H2,(H2,9,10,11). The van der Waals surface area contributed by atoms with Crippen molar-refractivity contribution in [3.8, 4) is 5.75 Å². The molecule has 5 amide bonds. The Kier molecular flexibility index (Phi) is 21.4. The highest BCUT2D eigenvalue weighted by Gasteiger charge is 2.13. The first-order chi connectivity index (χ1) is 30.1. The van der Waals surface area contributed by atoms with Gasteiger partial charge in [-0.25, -0.2) is 4.79 Å². The Balaban J connectivity index is 0.000000277. The van der Waals surface area contributed by atoms with Crippen molar-refractivity contribution < 1.29 is 38.3 Å². The molecular weight excluding hydrogens is 840 g/mol. The summed E-state index contributed by atoms with van der Waals surface area (Å²) in [6.45, 7) is 4.84. The van der Waals surface area contributed by atoms with Gasteiger partial charge in [0.25, 0.3) is 5.91 Å². The van der Waals surface area contributed by atoms with E-state index >= 15 is 0 Å². The first-order valence-electron chi connectivity index (χ1n) is 19.0. The number of urea groups is 1. The third-order valence-electron chi connectivity index (χ3n) is 7.82. The summed E-state index contributed by atoms with van der Waals surface area (Å²) < 4.78 is 15.5. The lowest BCUT2D eigenvalue weighted by molar-refractivity contribution is -0.115. The summed E-state index contributed by atoms with van der Waals surface area (Å²) in [6.07, 6.45) is -0.252. The van der Waals surface area contributed by atoms with Crippen LogP contribution in [0.5, 0.6) is 5.75 Å². The molecule has 0 aromatic heterocycles. The smallest absolute Gasteiger partial charge is 0.329 e. The quantitative estimate of drug-likeness (QED) is 0.0541. The number of hydrogen-bond donors (Lipinski definition) is 12. The molecule has 64 heavy (non-hydrogen) atoms. The number of carbonyl (C=O) groups is 4. The van der Waals surface area contributed by atoms with E-state index in [2.05, 4.69) is 21.3 Å². The lowest BCUT2D eigenvalue weighted by atomic mass is 10.2. The van der Waals surface area contributed by atoms with Gasteiger partial charge in [-0.1, -0.05) is 48.5 Å². The Morgan fingerprint density at radius 1 is 0.562 bits per heavy atom. The van der Waals surface area contributed by atoms with E-state index in [4.69, 9.17) is 48.9 Å². The topological polar surface area (TPSA) is 339 Å². The fourth-order valence-corrected chi connectivity index (χ4v) is 5.71. The number of amides is 5. The van der Waals surface area contributed by atoms with Crippen molar-refractivity contribution in [3.05, 3.63) is 156 Å². The van der Waals surface area contributed by atoms with E-state index in [-0.39, 0.29) is 23.9 Å². The van der Waals surface area contributed by atoms with Crippen LogP contribution in [0.1, 0.15) is 35.3 Å². The van der Waals surface area contributed by atoms with Gasteiger partial charge in [0.15, 0.2) is 0 Å². The van der Waals surface area contributed by atoms with Gasteiger partial charge in [-0.2, -0.15) is 0 Å². The van der Waals surface area contributed by atoms with Crippen LogP contribution in [-0.4, -0.2) is 40.6 Å². The normalized spacial score (nSPS) is 9.84. The van der Waals surface area contributed by atoms with Gasteiger partial charge in [-0.15, -0.1) is 0 Å². The Labute approximate surface area is 371 Å². The van der Waals surface area contributed by atoms with Crippen LogP contribution in [0.25, 0.3) is 0 Å². The monoisotopic (exact) mass is 894 g/mol. The molecule has 0 saturated heterocycles. The molecule has 0 saturated carbocycles. The number of aryl methyl sites for hydroxylation is 1. The first kappa shape index (κ1) is 52.1. The summed E-state index contributed by atoms with van der Waals surface area (Å²) in [6, 6.07) is 39.4. The van der Waals surface area contributed by atoms with Crippen LogP contribution in [0.3, 0.4) is 0 Å². The zero-order valence-electron chi connectivity index (χ0n) is 35.7. The number of anilines is 9. The van der Waals surface area contributed by atoms with Crippen molar-refractivity contribution in [2.45, 2.75) is 26.9 Å². The summed E-state index contributed by atoms with van der Waals surface area (Å²) in [5.41, 5.74) is 40.5. The summed E-state index contributed by atoms with van der Waals surface area (Å²) in [7, 11) is -2.42. The molecule has 6 aromatic rings. The Morgan fingerprint density at radius 3 is 1.47 bits per heavy atom. The fourth-order valence-electron chi connectivity index (χ4n) is 5.03. The lowest BCUT2D eigenvalue weighted by Crippen LogP contribution is -2.19. The second-order valence-electron chi connectivity index (χ2n) is 13.5. The number of rotatable bonds is 8. The summed E-state index contributed by atoms with van der Waals surface area (Å²) in [5.74, 6) is 0.267. The third kappa shape index (κ3) is 22.0. The van der Waals surface area contributed by atoms with Gasteiger partial charge in [0.05, 0.1) is 19.0 Å². The van der Waals surface area contributed by atoms with Crippen LogP contribution in [0.4, 0.5) is 56.0 Å². The van der Waals surface area contributed by atoms with E-state index in [9.17, 15) is 23.7 Å². The molecule has 0 spiro atoms. The van der Waals surface area contributed by atoms with Crippen LogP contribution in [0.2, 0.25) is 0 Å². The second-order valence-corrected chi connectivity index (χ2v) is 15.2. The van der Waals surface area contributed by atoms with Crippen molar-refractivity contribution in [2.75, 3.05) is 57.0 Å². The van der Waals surface area contributed by atoms with E-state index in [1.165, 1.54) is 13.8 Å². The number of nitrogens with two attached hydrogens (primary N) is 6. The number of methoxy groups -OCH3 is 1. The number of hydrogen-bond acceptors (Lipinski definition) is 11. The van der Waals surface area contributed by atoms with Gasteiger partial charge >= 0.3 is 13.6 Å². The van der Waals surface area contributed by atoms with E-state index in [1.54, 1.807) is 116 Å². The minimum atomic E-state index is -3.96. The Bertz CT molecular complexity index is 2520. The van der Waals surface area contributed by atoms with Gasteiger partial charge < -0.3 is 70.2 Å². The van der Waals surface area contributed by atoms with Crippen molar-refractivity contribution >= 4 is 82.5 Å². The molecule has 6 rings (SSSR count). The van der Waals surface area contributed by atoms with Gasteiger partial charge in [-0.3, -0.25) is 18.9 Å². The zero-order chi connectivity index (χ0) is 47.8. The van der Waals surface area contributed by atoms with Crippen LogP contribution in [0, 0.1) is 6.92 Å². The average Bonchev–Trinajstić information content (AvgIpc) is 3.19. The van der Waals surface area contributed by atoms with Crippen LogP contribution in [-0.2, 0) is 20.3 Å². The number of carbonyl (C=O) groups excluding carboxylic acids is 4. The molecule has 0 aliphatic rings. The molecule has 19 heteroatoms. The minimum Gasteiger partial charge on any atom is -0.495 e. The number of primary amides is 1. The molecule has 0 heterocycles. The van der Waals surface area contributed by atoms with Gasteiger partial charge in [0.2, 0.25) is 11.8 Å². The van der Waals surface area contributed by atoms with E-state index in [0.717, 1.165) is 11.3 Å². The number of nitrogens with one attached hydrogen (secondary N) is 4. The predicted octanol–water partition coefficient (Wildman–Crippen LogP) is 7.00. The first-order valence-corrected chi connectivity index (χ1v) is 20.8. The van der Waals surface area contributed by atoms with Crippen molar-refractivity contribution in [3.63, 3.8) is 0 Å². The van der Waals surface area contributed by atoms with Gasteiger partial charge in [0.1, 0.15) is 5.75 Å². The molecule has 0 radical (unpaired) electrons. The molecule has 338 valence electrons. The molecule has 0 unspecified atom stereocenters. The summed E-state index contributed by atoms with van der Waals surface area (Å²) in [5, 5.41) is 10.5. The van der Waals surface area contributed by atoms with Gasteiger partial charge in [0, 0.05) is 64.9 Å². The van der Waals surface area contributed by atoms with E-state index in [1.807, 2.05) is 37.3 Å². The third-order valence-corrected chi connectivity index (χ3v) is 8.60. The van der Waals surface area contributed by atoms with E-state index < -0.39 is 13.6 Å². The van der Waals surface area contributed by atoms with Gasteiger partial charge in [-0.05, 0) is 109 Å². The minimum absolute atomic E-state index is 0.0850. The SMILES string of the molecule is CC(=O)Nc1ccc(C)c(N)c1.COc1ccc(NC(C)=O)cc1N.NC(=O)Nc1cccc(N)c1.Nc1cccc(CP(=O)(O)O)c1.Nc1cccc(NC(=O)c2ccccc2)c1. The largest absolute Gasteiger partial charge is 0.495 e. The van der Waals surface area contributed by atoms with Crippen molar-refractivity contribution in [2.24, 2.45) is 5.73 Å². The maximum atomic E-state index is 11.8. The molecule has 6 aromatic carbocycles. The second kappa shape index (κ2) is 26.3. The molecule has 0 atom stereocenters. The maximum absolute atomic E-state index is 11.8. The van der Waals surface area contributed by atoms with Crippen molar-refractivity contribution in [1.82, 2.24) is 0 Å². The molecular formula is C45H55N10O8P. The summed E-state index contributed by atoms with van der Waals surface area (Å²) >= 11 is 0. The highest BCUT2D eigenvalue weighted by atomic mass is 31.2. The number of ether oxygens (including phenoxy) is 1. The highest BCUT2D eigenvalue weighted by Crippen LogP contribution is 2.39. The zero-order valence-corrected chi connectivity index (χ0v) is 36.6. The molecule has 0 aliphatic heterocycles. The molecule has 0 fully saturated rings. The molecule has 0 aliphatic carbocycles. The Morgan fingerprint density at radius 2 is 1.03 bits per heavy atom.